The fourth-order valence-electron chi connectivity index (χ4n) is 5.14. The van der Waals surface area contributed by atoms with Crippen molar-refractivity contribution in [1.82, 2.24) is 15.3 Å². The minimum Gasteiger partial charge on any atom is -0.361 e. The summed E-state index contributed by atoms with van der Waals surface area (Å²) < 4.78 is 14.5. The highest BCUT2D eigenvalue weighted by molar-refractivity contribution is 6.05. The van der Waals surface area contributed by atoms with Crippen LogP contribution in [-0.2, 0) is 16.0 Å². The van der Waals surface area contributed by atoms with E-state index in [9.17, 15) is 14.0 Å². The number of H-pyrrole nitrogens is 1. The lowest BCUT2D eigenvalue weighted by molar-refractivity contribution is -0.126. The minimum absolute atomic E-state index is 0.00563. The SMILES string of the molecule is C=C/C(C)=C(\C=C/C)C(C(=O)NC1CCCCC1)N(C(=O)Cc1c[nH]c2ccncc12)c1cccc(F)c1. The Morgan fingerprint density at radius 3 is 2.76 bits per heavy atom. The standard InChI is InChI=1S/C31H35FN4O2/c1-4-10-26(21(3)5-2)30(31(38)35-24-12-7-6-8-13-24)36(25-14-9-11-23(32)18-25)29(37)17-22-19-34-28-15-16-33-20-27(22)28/h4-5,9-11,14-16,18-20,24,30,34H,2,6-8,12-13,17H2,1,3H3,(H,35,38)/b10-4-,26-21+. The van der Waals surface area contributed by atoms with Crippen LogP contribution in [-0.4, -0.2) is 33.9 Å². The molecule has 1 aliphatic carbocycles. The summed E-state index contributed by atoms with van der Waals surface area (Å²) in [5.41, 5.74) is 3.33. The molecule has 2 N–H and O–H groups in total. The van der Waals surface area contributed by atoms with Gasteiger partial charge in [0.05, 0.1) is 6.42 Å². The lowest BCUT2D eigenvalue weighted by Gasteiger charge is -2.34. The van der Waals surface area contributed by atoms with E-state index in [0.29, 0.717) is 11.3 Å². The van der Waals surface area contributed by atoms with Crippen molar-refractivity contribution in [3.05, 3.63) is 96.3 Å². The van der Waals surface area contributed by atoms with Crippen LogP contribution in [0.15, 0.2) is 84.9 Å². The summed E-state index contributed by atoms with van der Waals surface area (Å²) in [7, 11) is 0. The summed E-state index contributed by atoms with van der Waals surface area (Å²) in [5.74, 6) is -1.10. The molecule has 1 saturated carbocycles. The maximum absolute atomic E-state index is 14.5. The quantitative estimate of drug-likeness (QED) is 0.335. The normalized spacial score (nSPS) is 15.8. The molecule has 2 heterocycles. The Bertz CT molecular complexity index is 1370. The number of nitrogens with one attached hydrogen (secondary N) is 2. The number of hydrogen-bond donors (Lipinski definition) is 2. The maximum Gasteiger partial charge on any atom is 0.248 e. The molecule has 0 radical (unpaired) electrons. The Labute approximate surface area is 223 Å². The molecule has 1 aromatic carbocycles. The zero-order chi connectivity index (χ0) is 27.1. The molecule has 1 unspecified atom stereocenters. The number of aromatic amines is 1. The number of hydrogen-bond acceptors (Lipinski definition) is 3. The lowest BCUT2D eigenvalue weighted by atomic mass is 9.93. The molecule has 2 aromatic heterocycles. The maximum atomic E-state index is 14.5. The summed E-state index contributed by atoms with van der Waals surface area (Å²) in [6.07, 6.45) is 15.6. The monoisotopic (exact) mass is 514 g/mol. The van der Waals surface area contributed by atoms with Crippen LogP contribution in [0.25, 0.3) is 10.9 Å². The van der Waals surface area contributed by atoms with Gasteiger partial charge in [-0.25, -0.2) is 4.39 Å². The van der Waals surface area contributed by atoms with E-state index in [1.807, 2.05) is 32.1 Å². The van der Waals surface area contributed by atoms with Gasteiger partial charge in [0.1, 0.15) is 11.9 Å². The van der Waals surface area contributed by atoms with Crippen molar-refractivity contribution >= 4 is 28.4 Å². The Balaban J connectivity index is 1.82. The molecule has 0 spiro atoms. The first-order valence-electron chi connectivity index (χ1n) is 13.2. The van der Waals surface area contributed by atoms with E-state index < -0.39 is 11.9 Å². The molecule has 198 valence electrons. The average molecular weight is 515 g/mol. The summed E-state index contributed by atoms with van der Waals surface area (Å²) in [6.45, 7) is 7.63. The Morgan fingerprint density at radius 1 is 1.26 bits per heavy atom. The minimum atomic E-state index is -1.01. The Morgan fingerprint density at radius 2 is 2.05 bits per heavy atom. The molecule has 0 saturated heterocycles. The van der Waals surface area contributed by atoms with Crippen LogP contribution in [0, 0.1) is 5.82 Å². The third-order valence-electron chi connectivity index (χ3n) is 7.13. The highest BCUT2D eigenvalue weighted by Crippen LogP contribution is 2.28. The van der Waals surface area contributed by atoms with Gasteiger partial charge in [-0.05, 0) is 67.7 Å². The Kier molecular flexibility index (Phi) is 8.89. The van der Waals surface area contributed by atoms with Crippen molar-refractivity contribution in [3.63, 3.8) is 0 Å². The molecule has 7 heteroatoms. The van der Waals surface area contributed by atoms with Gasteiger partial charge in [0.2, 0.25) is 11.8 Å². The molecule has 4 rings (SSSR count). The number of fused-ring (bicyclic) bond motifs is 1. The smallest absolute Gasteiger partial charge is 0.248 e. The largest absolute Gasteiger partial charge is 0.361 e. The number of carbonyl (C=O) groups is 2. The van der Waals surface area contributed by atoms with E-state index >= 15 is 0 Å². The van der Waals surface area contributed by atoms with Crippen molar-refractivity contribution in [2.45, 2.75) is 64.5 Å². The topological polar surface area (TPSA) is 78.1 Å². The molecule has 6 nitrogen and oxygen atoms in total. The number of pyridine rings is 1. The van der Waals surface area contributed by atoms with E-state index in [1.165, 1.54) is 17.0 Å². The molecular weight excluding hydrogens is 479 g/mol. The highest BCUT2D eigenvalue weighted by Gasteiger charge is 2.35. The third kappa shape index (κ3) is 6.10. The third-order valence-corrected chi connectivity index (χ3v) is 7.13. The van der Waals surface area contributed by atoms with E-state index in [0.717, 1.165) is 54.1 Å². The van der Waals surface area contributed by atoms with Crippen LogP contribution in [0.1, 0.15) is 51.5 Å². The number of benzene rings is 1. The van der Waals surface area contributed by atoms with Crippen molar-refractivity contribution < 1.29 is 14.0 Å². The number of allylic oxidation sites excluding steroid dienone is 3. The first-order chi connectivity index (χ1) is 18.4. The van der Waals surface area contributed by atoms with E-state index in [2.05, 4.69) is 21.9 Å². The number of halogens is 1. The van der Waals surface area contributed by atoms with Crippen molar-refractivity contribution in [2.75, 3.05) is 4.90 Å². The van der Waals surface area contributed by atoms with Crippen LogP contribution in [0.2, 0.25) is 0 Å². The predicted octanol–water partition coefficient (Wildman–Crippen LogP) is 6.17. The van der Waals surface area contributed by atoms with Crippen LogP contribution in [0.3, 0.4) is 0 Å². The van der Waals surface area contributed by atoms with Gasteiger partial charge in [0.25, 0.3) is 0 Å². The van der Waals surface area contributed by atoms with Gasteiger partial charge in [0, 0.05) is 41.2 Å². The molecule has 1 aliphatic rings. The second-order valence-corrected chi connectivity index (χ2v) is 9.74. The fraction of sp³-hybridized carbons (Fsp3) is 0.323. The Hall–Kier alpha value is -4.00. The molecule has 1 fully saturated rings. The number of amides is 2. The summed E-state index contributed by atoms with van der Waals surface area (Å²) in [4.78, 5) is 37.0. The van der Waals surface area contributed by atoms with Gasteiger partial charge in [0.15, 0.2) is 0 Å². The summed E-state index contributed by atoms with van der Waals surface area (Å²) in [5, 5.41) is 4.03. The van der Waals surface area contributed by atoms with Gasteiger partial charge in [-0.2, -0.15) is 0 Å². The summed E-state index contributed by atoms with van der Waals surface area (Å²) in [6, 6.07) is 6.71. The number of carbonyl (C=O) groups excluding carboxylic acids is 2. The molecular formula is C31H35FN4O2. The molecule has 0 bridgehead atoms. The number of aromatic nitrogens is 2. The van der Waals surface area contributed by atoms with Crippen LogP contribution < -0.4 is 10.2 Å². The van der Waals surface area contributed by atoms with Crippen LogP contribution in [0.5, 0.6) is 0 Å². The van der Waals surface area contributed by atoms with Gasteiger partial charge >= 0.3 is 0 Å². The average Bonchev–Trinajstić information content (AvgIpc) is 3.33. The second-order valence-electron chi connectivity index (χ2n) is 9.74. The van der Waals surface area contributed by atoms with Crippen LogP contribution >= 0.6 is 0 Å². The number of nitrogens with zero attached hydrogens (tertiary/aromatic N) is 2. The predicted molar refractivity (Wildman–Crippen MR) is 150 cm³/mol. The van der Waals surface area contributed by atoms with Gasteiger partial charge in [-0.1, -0.05) is 50.1 Å². The fourth-order valence-corrected chi connectivity index (χ4v) is 5.14. The van der Waals surface area contributed by atoms with E-state index in [1.54, 1.807) is 36.8 Å². The van der Waals surface area contributed by atoms with E-state index in [4.69, 9.17) is 0 Å². The van der Waals surface area contributed by atoms with Gasteiger partial charge < -0.3 is 10.3 Å². The molecule has 1 atom stereocenters. The zero-order valence-corrected chi connectivity index (χ0v) is 22.0. The van der Waals surface area contributed by atoms with Crippen molar-refractivity contribution in [3.8, 4) is 0 Å². The number of anilines is 1. The van der Waals surface area contributed by atoms with Gasteiger partial charge in [-0.3, -0.25) is 19.5 Å². The van der Waals surface area contributed by atoms with Crippen molar-refractivity contribution in [1.29, 1.82) is 0 Å². The first kappa shape index (κ1) is 27.0. The molecule has 0 aliphatic heterocycles. The molecule has 2 amide bonds. The molecule has 38 heavy (non-hydrogen) atoms. The van der Waals surface area contributed by atoms with Crippen molar-refractivity contribution in [2.24, 2.45) is 0 Å². The zero-order valence-electron chi connectivity index (χ0n) is 22.0. The van der Waals surface area contributed by atoms with Gasteiger partial charge in [-0.15, -0.1) is 0 Å². The summed E-state index contributed by atoms with van der Waals surface area (Å²) >= 11 is 0. The van der Waals surface area contributed by atoms with Crippen LogP contribution in [0.4, 0.5) is 10.1 Å². The second kappa shape index (κ2) is 12.5. The van der Waals surface area contributed by atoms with E-state index in [-0.39, 0.29) is 24.3 Å². The lowest BCUT2D eigenvalue weighted by Crippen LogP contribution is -2.53. The molecule has 3 aromatic rings. The number of rotatable bonds is 9. The first-order valence-corrected chi connectivity index (χ1v) is 13.2. The highest BCUT2D eigenvalue weighted by atomic mass is 19.1.